The second-order valence-corrected chi connectivity index (χ2v) is 4.96. The van der Waals surface area contributed by atoms with E-state index in [9.17, 15) is 17.6 Å². The van der Waals surface area contributed by atoms with Crippen LogP contribution in [0.25, 0.3) is 11.1 Å². The number of rotatable bonds is 2. The van der Waals surface area contributed by atoms with E-state index < -0.39 is 17.6 Å². The van der Waals surface area contributed by atoms with Gasteiger partial charge in [-0.15, -0.1) is 0 Å². The highest BCUT2D eigenvalue weighted by Crippen LogP contribution is 2.36. The minimum atomic E-state index is -4.37. The van der Waals surface area contributed by atoms with E-state index in [1.54, 1.807) is 12.1 Å². The van der Waals surface area contributed by atoms with Gasteiger partial charge in [0.2, 0.25) is 0 Å². The van der Waals surface area contributed by atoms with E-state index >= 15 is 0 Å². The Kier molecular flexibility index (Phi) is 3.84. The van der Waals surface area contributed by atoms with E-state index in [0.717, 1.165) is 12.1 Å². The molecule has 0 aliphatic carbocycles. The maximum atomic E-state index is 13.3. The van der Waals surface area contributed by atoms with Crippen LogP contribution in [-0.4, -0.2) is 0 Å². The summed E-state index contributed by atoms with van der Waals surface area (Å²) in [7, 11) is 0. The van der Waals surface area contributed by atoms with Crippen molar-refractivity contribution in [2.75, 3.05) is 0 Å². The molecule has 4 heteroatoms. The van der Waals surface area contributed by atoms with Crippen molar-refractivity contribution < 1.29 is 17.6 Å². The largest absolute Gasteiger partial charge is 0.416 e. The molecule has 2 rings (SSSR count). The molecule has 2 aromatic carbocycles. The molecule has 0 saturated heterocycles. The number of halogens is 4. The Morgan fingerprint density at radius 1 is 0.950 bits per heavy atom. The topological polar surface area (TPSA) is 0 Å². The van der Waals surface area contributed by atoms with Crippen LogP contribution in [0.1, 0.15) is 30.9 Å². The van der Waals surface area contributed by atoms with Crippen molar-refractivity contribution in [2.24, 2.45) is 0 Å². The number of benzene rings is 2. The first-order valence-electron chi connectivity index (χ1n) is 6.26. The van der Waals surface area contributed by atoms with Gasteiger partial charge in [-0.05, 0) is 46.9 Å². The van der Waals surface area contributed by atoms with Gasteiger partial charge in [-0.25, -0.2) is 4.39 Å². The minimum absolute atomic E-state index is 0.0874. The minimum Gasteiger partial charge on any atom is -0.207 e. The lowest BCUT2D eigenvalue weighted by atomic mass is 9.91. The SMILES string of the molecule is CC(C)c1cc(C(F)(F)F)ccc1-c1cccc(F)c1. The van der Waals surface area contributed by atoms with E-state index in [-0.39, 0.29) is 5.92 Å². The van der Waals surface area contributed by atoms with Crippen molar-refractivity contribution in [3.05, 3.63) is 59.4 Å². The van der Waals surface area contributed by atoms with Crippen LogP contribution >= 0.6 is 0 Å². The number of hydrogen-bond acceptors (Lipinski definition) is 0. The molecule has 0 N–H and O–H groups in total. The highest BCUT2D eigenvalue weighted by Gasteiger charge is 2.31. The van der Waals surface area contributed by atoms with Crippen molar-refractivity contribution in [1.29, 1.82) is 0 Å². The smallest absolute Gasteiger partial charge is 0.207 e. The summed E-state index contributed by atoms with van der Waals surface area (Å²) in [6.07, 6.45) is -4.37. The Morgan fingerprint density at radius 2 is 1.65 bits per heavy atom. The van der Waals surface area contributed by atoms with Crippen molar-refractivity contribution >= 4 is 0 Å². The van der Waals surface area contributed by atoms with Crippen LogP contribution in [0.5, 0.6) is 0 Å². The molecule has 0 fully saturated rings. The first-order valence-corrected chi connectivity index (χ1v) is 6.26. The average Bonchev–Trinajstić information content (AvgIpc) is 2.37. The second-order valence-electron chi connectivity index (χ2n) is 4.96. The van der Waals surface area contributed by atoms with Crippen LogP contribution in [0.3, 0.4) is 0 Å². The molecule has 2 aromatic rings. The molecule has 0 unspecified atom stereocenters. The van der Waals surface area contributed by atoms with Crippen molar-refractivity contribution in [2.45, 2.75) is 25.9 Å². The lowest BCUT2D eigenvalue weighted by Crippen LogP contribution is -2.06. The summed E-state index contributed by atoms with van der Waals surface area (Å²) in [5, 5.41) is 0. The van der Waals surface area contributed by atoms with Gasteiger partial charge in [-0.1, -0.05) is 32.0 Å². The molecule has 0 bridgehead atoms. The fourth-order valence-electron chi connectivity index (χ4n) is 2.14. The van der Waals surface area contributed by atoms with Gasteiger partial charge in [-0.3, -0.25) is 0 Å². The Bertz CT molecular complexity index is 612. The van der Waals surface area contributed by atoms with E-state index in [2.05, 4.69) is 0 Å². The van der Waals surface area contributed by atoms with E-state index in [4.69, 9.17) is 0 Å². The molecule has 0 aliphatic heterocycles. The predicted octanol–water partition coefficient (Wildman–Crippen LogP) is 5.63. The Morgan fingerprint density at radius 3 is 2.20 bits per heavy atom. The van der Waals surface area contributed by atoms with Crippen LogP contribution < -0.4 is 0 Å². The molecule has 0 amide bonds. The van der Waals surface area contributed by atoms with Crippen LogP contribution in [0.4, 0.5) is 17.6 Å². The van der Waals surface area contributed by atoms with Crippen LogP contribution in [0, 0.1) is 5.82 Å². The molecular weight excluding hydrogens is 268 g/mol. The molecule has 0 nitrogen and oxygen atoms in total. The molecular formula is C16H14F4. The molecule has 0 heterocycles. The summed E-state index contributed by atoms with van der Waals surface area (Å²) in [4.78, 5) is 0. The first kappa shape index (κ1) is 14.6. The van der Waals surface area contributed by atoms with Gasteiger partial charge in [0.15, 0.2) is 0 Å². The lowest BCUT2D eigenvalue weighted by molar-refractivity contribution is -0.137. The van der Waals surface area contributed by atoms with Gasteiger partial charge in [0, 0.05) is 0 Å². The quantitative estimate of drug-likeness (QED) is 0.626. The highest BCUT2D eigenvalue weighted by molar-refractivity contribution is 5.68. The monoisotopic (exact) mass is 282 g/mol. The molecule has 106 valence electrons. The Hall–Kier alpha value is -1.84. The van der Waals surface area contributed by atoms with Crippen LogP contribution in [0.2, 0.25) is 0 Å². The summed E-state index contributed by atoms with van der Waals surface area (Å²) in [6, 6.07) is 9.46. The number of hydrogen-bond donors (Lipinski definition) is 0. The third kappa shape index (κ3) is 3.00. The normalized spacial score (nSPS) is 11.9. The zero-order chi connectivity index (χ0) is 14.9. The average molecular weight is 282 g/mol. The molecule has 0 saturated carbocycles. The highest BCUT2D eigenvalue weighted by atomic mass is 19.4. The van der Waals surface area contributed by atoms with Gasteiger partial charge in [-0.2, -0.15) is 13.2 Å². The van der Waals surface area contributed by atoms with Gasteiger partial charge in [0.05, 0.1) is 5.56 Å². The second kappa shape index (κ2) is 5.27. The Balaban J connectivity index is 2.59. The van der Waals surface area contributed by atoms with Crippen molar-refractivity contribution in [3.8, 4) is 11.1 Å². The maximum Gasteiger partial charge on any atom is 0.416 e. The van der Waals surface area contributed by atoms with Gasteiger partial charge < -0.3 is 0 Å². The van der Waals surface area contributed by atoms with E-state index in [1.165, 1.54) is 18.2 Å². The summed E-state index contributed by atoms with van der Waals surface area (Å²) in [5.74, 6) is -0.493. The van der Waals surface area contributed by atoms with Gasteiger partial charge in [0.1, 0.15) is 5.82 Å². The van der Waals surface area contributed by atoms with Crippen molar-refractivity contribution in [3.63, 3.8) is 0 Å². The van der Waals surface area contributed by atoms with Gasteiger partial charge in [0.25, 0.3) is 0 Å². The van der Waals surface area contributed by atoms with E-state index in [0.29, 0.717) is 16.7 Å². The summed E-state index contributed by atoms with van der Waals surface area (Å²) >= 11 is 0. The van der Waals surface area contributed by atoms with Crippen LogP contribution in [-0.2, 0) is 6.18 Å². The summed E-state index contributed by atoms with van der Waals surface area (Å²) < 4.78 is 51.6. The third-order valence-corrected chi connectivity index (χ3v) is 3.14. The fraction of sp³-hybridized carbons (Fsp3) is 0.250. The number of alkyl halides is 3. The standard InChI is InChI=1S/C16H14F4/c1-10(2)15-9-12(16(18,19)20)6-7-14(15)11-4-3-5-13(17)8-11/h3-10H,1-2H3. The molecule has 0 radical (unpaired) electrons. The summed E-state index contributed by atoms with van der Waals surface area (Å²) in [5.41, 5.74) is 1.10. The van der Waals surface area contributed by atoms with E-state index in [1.807, 2.05) is 13.8 Å². The molecule has 0 atom stereocenters. The van der Waals surface area contributed by atoms with Crippen molar-refractivity contribution in [1.82, 2.24) is 0 Å². The summed E-state index contributed by atoms with van der Waals surface area (Å²) in [6.45, 7) is 3.64. The first-order chi connectivity index (χ1) is 9.29. The zero-order valence-corrected chi connectivity index (χ0v) is 11.1. The Labute approximate surface area is 115 Å². The molecule has 20 heavy (non-hydrogen) atoms. The van der Waals surface area contributed by atoms with Crippen LogP contribution in [0.15, 0.2) is 42.5 Å². The lowest BCUT2D eigenvalue weighted by Gasteiger charge is -2.16. The molecule has 0 aliphatic rings. The zero-order valence-electron chi connectivity index (χ0n) is 11.1. The fourth-order valence-corrected chi connectivity index (χ4v) is 2.14. The van der Waals surface area contributed by atoms with Gasteiger partial charge >= 0.3 is 6.18 Å². The third-order valence-electron chi connectivity index (χ3n) is 3.14. The predicted molar refractivity (Wildman–Crippen MR) is 70.9 cm³/mol. The maximum absolute atomic E-state index is 13.3. The molecule has 0 aromatic heterocycles. The molecule has 0 spiro atoms.